The lowest BCUT2D eigenvalue weighted by Crippen LogP contribution is -2.40. The first kappa shape index (κ1) is 10.7. The quantitative estimate of drug-likeness (QED) is 0.454. The van der Waals surface area contributed by atoms with Crippen molar-refractivity contribution in [1.82, 2.24) is 5.32 Å². The molecular weight excluding hydrogens is 162 g/mol. The molecular formula is C6H13N3O3. The molecule has 0 unspecified atom stereocenters. The molecule has 0 saturated heterocycles. The minimum Gasteiger partial charge on any atom is -0.448 e. The SMILES string of the molecule is C[C@@H](N)C(=O)NCCOC(N)=O. The zero-order valence-electron chi connectivity index (χ0n) is 6.87. The summed E-state index contributed by atoms with van der Waals surface area (Å²) in [4.78, 5) is 20.8. The highest BCUT2D eigenvalue weighted by molar-refractivity contribution is 5.80. The molecule has 0 aromatic carbocycles. The fourth-order valence-electron chi connectivity index (χ4n) is 0.487. The Morgan fingerprint density at radius 3 is 2.58 bits per heavy atom. The zero-order valence-corrected chi connectivity index (χ0v) is 6.87. The van der Waals surface area contributed by atoms with Gasteiger partial charge in [-0.15, -0.1) is 0 Å². The van der Waals surface area contributed by atoms with Gasteiger partial charge in [-0.1, -0.05) is 0 Å². The highest BCUT2D eigenvalue weighted by Gasteiger charge is 2.05. The van der Waals surface area contributed by atoms with Gasteiger partial charge in [-0.3, -0.25) is 4.79 Å². The smallest absolute Gasteiger partial charge is 0.404 e. The molecule has 0 radical (unpaired) electrons. The summed E-state index contributed by atoms with van der Waals surface area (Å²) in [5, 5.41) is 2.44. The van der Waals surface area contributed by atoms with Crippen molar-refractivity contribution < 1.29 is 14.3 Å². The number of rotatable bonds is 4. The number of carbonyl (C=O) groups is 2. The van der Waals surface area contributed by atoms with E-state index in [9.17, 15) is 9.59 Å². The van der Waals surface area contributed by atoms with Crippen LogP contribution in [0.4, 0.5) is 4.79 Å². The van der Waals surface area contributed by atoms with E-state index in [1.165, 1.54) is 0 Å². The van der Waals surface area contributed by atoms with Crippen LogP contribution in [0.5, 0.6) is 0 Å². The number of hydrogen-bond donors (Lipinski definition) is 3. The molecule has 0 heterocycles. The molecule has 6 heteroatoms. The van der Waals surface area contributed by atoms with Crippen LogP contribution in [0.3, 0.4) is 0 Å². The van der Waals surface area contributed by atoms with Crippen molar-refractivity contribution in [3.05, 3.63) is 0 Å². The first-order chi connectivity index (χ1) is 5.54. The molecule has 0 bridgehead atoms. The first-order valence-electron chi connectivity index (χ1n) is 3.49. The van der Waals surface area contributed by atoms with Crippen LogP contribution in [0.15, 0.2) is 0 Å². The molecule has 5 N–H and O–H groups in total. The predicted octanol–water partition coefficient (Wildman–Crippen LogP) is -1.45. The topological polar surface area (TPSA) is 107 Å². The second kappa shape index (κ2) is 5.36. The van der Waals surface area contributed by atoms with Gasteiger partial charge in [-0.2, -0.15) is 0 Å². The molecule has 0 saturated carbocycles. The highest BCUT2D eigenvalue weighted by Crippen LogP contribution is 1.75. The van der Waals surface area contributed by atoms with E-state index in [1.54, 1.807) is 6.92 Å². The monoisotopic (exact) mass is 175 g/mol. The molecule has 12 heavy (non-hydrogen) atoms. The zero-order chi connectivity index (χ0) is 9.56. The Hall–Kier alpha value is -1.30. The van der Waals surface area contributed by atoms with Gasteiger partial charge in [-0.25, -0.2) is 4.79 Å². The fraction of sp³-hybridized carbons (Fsp3) is 0.667. The summed E-state index contributed by atoms with van der Waals surface area (Å²) in [6, 6.07) is -0.557. The van der Waals surface area contributed by atoms with Crippen molar-refractivity contribution >= 4 is 12.0 Å². The molecule has 6 nitrogen and oxygen atoms in total. The predicted molar refractivity (Wildman–Crippen MR) is 42.2 cm³/mol. The van der Waals surface area contributed by atoms with Crippen molar-refractivity contribution in [3.8, 4) is 0 Å². The molecule has 2 amide bonds. The van der Waals surface area contributed by atoms with Gasteiger partial charge in [0.25, 0.3) is 0 Å². The Morgan fingerprint density at radius 1 is 1.58 bits per heavy atom. The molecule has 0 aromatic rings. The minimum absolute atomic E-state index is 0.0633. The number of nitrogens with one attached hydrogen (secondary N) is 1. The molecule has 1 atom stereocenters. The molecule has 0 fully saturated rings. The van der Waals surface area contributed by atoms with E-state index in [-0.39, 0.29) is 19.1 Å². The van der Waals surface area contributed by atoms with E-state index in [2.05, 4.69) is 15.8 Å². The Morgan fingerprint density at radius 2 is 2.17 bits per heavy atom. The average Bonchev–Trinajstić information content (AvgIpc) is 1.97. The maximum Gasteiger partial charge on any atom is 0.404 e. The van der Waals surface area contributed by atoms with Crippen LogP contribution in [0, 0.1) is 0 Å². The van der Waals surface area contributed by atoms with Gasteiger partial charge in [0.1, 0.15) is 6.61 Å². The van der Waals surface area contributed by atoms with Crippen LogP contribution in [0.2, 0.25) is 0 Å². The Balaban J connectivity index is 3.32. The van der Waals surface area contributed by atoms with Crippen molar-refractivity contribution in [2.45, 2.75) is 13.0 Å². The van der Waals surface area contributed by atoms with Crippen molar-refractivity contribution in [3.63, 3.8) is 0 Å². The second-order valence-corrected chi connectivity index (χ2v) is 2.25. The van der Waals surface area contributed by atoms with E-state index in [0.29, 0.717) is 0 Å². The van der Waals surface area contributed by atoms with E-state index in [1.807, 2.05) is 0 Å². The van der Waals surface area contributed by atoms with E-state index in [0.717, 1.165) is 0 Å². The van der Waals surface area contributed by atoms with Crippen molar-refractivity contribution in [2.24, 2.45) is 11.5 Å². The second-order valence-electron chi connectivity index (χ2n) is 2.25. The maximum atomic E-state index is 10.8. The van der Waals surface area contributed by atoms with Gasteiger partial charge in [0.05, 0.1) is 12.6 Å². The van der Waals surface area contributed by atoms with E-state index >= 15 is 0 Å². The fourth-order valence-corrected chi connectivity index (χ4v) is 0.487. The van der Waals surface area contributed by atoms with E-state index in [4.69, 9.17) is 5.73 Å². The largest absolute Gasteiger partial charge is 0.448 e. The molecule has 0 aliphatic carbocycles. The van der Waals surface area contributed by atoms with Gasteiger partial charge in [-0.05, 0) is 6.92 Å². The van der Waals surface area contributed by atoms with Crippen LogP contribution in [-0.2, 0) is 9.53 Å². The normalized spacial score (nSPS) is 11.8. The summed E-state index contributed by atoms with van der Waals surface area (Å²) in [5.74, 6) is -0.289. The van der Waals surface area contributed by atoms with Gasteiger partial charge in [0.2, 0.25) is 5.91 Å². The van der Waals surface area contributed by atoms with Crippen molar-refractivity contribution in [1.29, 1.82) is 0 Å². The molecule has 0 rings (SSSR count). The molecule has 70 valence electrons. The lowest BCUT2D eigenvalue weighted by Gasteiger charge is -2.06. The highest BCUT2D eigenvalue weighted by atomic mass is 16.5. The van der Waals surface area contributed by atoms with Crippen LogP contribution < -0.4 is 16.8 Å². The van der Waals surface area contributed by atoms with E-state index < -0.39 is 12.1 Å². The third kappa shape index (κ3) is 5.48. The summed E-state index contributed by atoms with van der Waals surface area (Å²) in [7, 11) is 0. The Labute approximate surface area is 70.2 Å². The number of ether oxygens (including phenoxy) is 1. The van der Waals surface area contributed by atoms with Crippen LogP contribution in [0.1, 0.15) is 6.92 Å². The van der Waals surface area contributed by atoms with Gasteiger partial charge in [0, 0.05) is 0 Å². The number of primary amides is 1. The summed E-state index contributed by atoms with van der Waals surface area (Å²) in [5.41, 5.74) is 9.90. The molecule has 0 aromatic heterocycles. The summed E-state index contributed by atoms with van der Waals surface area (Å²) in [6.45, 7) is 1.85. The number of nitrogens with two attached hydrogens (primary N) is 2. The lowest BCUT2D eigenvalue weighted by molar-refractivity contribution is -0.122. The minimum atomic E-state index is -0.856. The molecule has 0 spiro atoms. The lowest BCUT2D eigenvalue weighted by atomic mass is 10.3. The third-order valence-corrected chi connectivity index (χ3v) is 1.06. The first-order valence-corrected chi connectivity index (χ1v) is 3.49. The number of amides is 2. The van der Waals surface area contributed by atoms with Gasteiger partial charge < -0.3 is 21.5 Å². The van der Waals surface area contributed by atoms with Crippen molar-refractivity contribution in [2.75, 3.05) is 13.2 Å². The van der Waals surface area contributed by atoms with Crippen LogP contribution in [0.25, 0.3) is 0 Å². The molecule has 0 aliphatic heterocycles. The van der Waals surface area contributed by atoms with Gasteiger partial charge >= 0.3 is 6.09 Å². The van der Waals surface area contributed by atoms with Gasteiger partial charge in [0.15, 0.2) is 0 Å². The Bertz CT molecular complexity index is 169. The Kier molecular flexibility index (Phi) is 4.78. The third-order valence-electron chi connectivity index (χ3n) is 1.06. The number of carbonyl (C=O) groups excluding carboxylic acids is 2. The maximum absolute atomic E-state index is 10.8. The summed E-state index contributed by atoms with van der Waals surface area (Å²) < 4.78 is 4.36. The summed E-state index contributed by atoms with van der Waals surface area (Å²) in [6.07, 6.45) is -0.856. The number of hydrogen-bond acceptors (Lipinski definition) is 4. The van der Waals surface area contributed by atoms with Crippen LogP contribution >= 0.6 is 0 Å². The van der Waals surface area contributed by atoms with Crippen LogP contribution in [-0.4, -0.2) is 31.2 Å². The standard InChI is InChI=1S/C6H13N3O3/c1-4(7)5(10)9-2-3-12-6(8)11/h4H,2-3,7H2,1H3,(H2,8,11)(H,9,10)/t4-/m1/s1. The summed E-state index contributed by atoms with van der Waals surface area (Å²) >= 11 is 0. The average molecular weight is 175 g/mol. The molecule has 0 aliphatic rings.